The van der Waals surface area contributed by atoms with Crippen molar-refractivity contribution in [3.05, 3.63) is 48.0 Å². The van der Waals surface area contributed by atoms with Gasteiger partial charge in [-0.3, -0.25) is 14.4 Å². The molecule has 1 heterocycles. The van der Waals surface area contributed by atoms with E-state index in [1.165, 1.54) is 0 Å². The predicted octanol–water partition coefficient (Wildman–Crippen LogP) is 2.40. The van der Waals surface area contributed by atoms with Crippen LogP contribution < -0.4 is 10.6 Å². The van der Waals surface area contributed by atoms with Crippen molar-refractivity contribution in [1.29, 1.82) is 0 Å². The van der Waals surface area contributed by atoms with Gasteiger partial charge in [-0.2, -0.15) is 0 Å². The zero-order valence-electron chi connectivity index (χ0n) is 20.9. The summed E-state index contributed by atoms with van der Waals surface area (Å²) in [4.78, 5) is 38.4. The van der Waals surface area contributed by atoms with E-state index in [4.69, 9.17) is 14.6 Å². The summed E-state index contributed by atoms with van der Waals surface area (Å²) in [6.07, 6.45) is 6.33. The summed E-state index contributed by atoms with van der Waals surface area (Å²) < 4.78 is 10.8. The number of amides is 2. The summed E-state index contributed by atoms with van der Waals surface area (Å²) in [5, 5.41) is 14.5. The molecule has 194 valence electrons. The minimum absolute atomic E-state index is 0.0530. The summed E-state index contributed by atoms with van der Waals surface area (Å²) in [6.45, 7) is 4.80. The third-order valence-corrected chi connectivity index (χ3v) is 6.07. The number of rotatable bonds is 10. The van der Waals surface area contributed by atoms with E-state index in [0.29, 0.717) is 38.8 Å². The number of aliphatic hydroxyl groups is 1. The van der Waals surface area contributed by atoms with Gasteiger partial charge in [0.1, 0.15) is 6.61 Å². The maximum atomic E-state index is 13.1. The molecule has 0 unspecified atom stereocenters. The molecule has 1 aliphatic rings. The highest BCUT2D eigenvalue weighted by molar-refractivity contribution is 5.86. The SMILES string of the molecule is CC(C)[C@H]1COC(=O)[C@@H](Cc2ccccc2)CCC=CC[C@H](CC(=O)NCCOCCO)C(=O)N1. The molecular weight excluding hydrogens is 448 g/mol. The van der Waals surface area contributed by atoms with Crippen molar-refractivity contribution in [3.8, 4) is 0 Å². The summed E-state index contributed by atoms with van der Waals surface area (Å²) in [7, 11) is 0. The largest absolute Gasteiger partial charge is 0.463 e. The highest BCUT2D eigenvalue weighted by Crippen LogP contribution is 2.19. The molecular formula is C27H40N2O6. The van der Waals surface area contributed by atoms with E-state index in [1.54, 1.807) is 0 Å². The van der Waals surface area contributed by atoms with Gasteiger partial charge in [0.05, 0.1) is 37.7 Å². The van der Waals surface area contributed by atoms with Crippen LogP contribution in [-0.2, 0) is 30.3 Å². The van der Waals surface area contributed by atoms with E-state index in [0.717, 1.165) is 5.56 Å². The van der Waals surface area contributed by atoms with E-state index in [2.05, 4.69) is 10.6 Å². The van der Waals surface area contributed by atoms with Gasteiger partial charge in [-0.05, 0) is 37.2 Å². The van der Waals surface area contributed by atoms with E-state index >= 15 is 0 Å². The number of esters is 1. The number of hydrogen-bond donors (Lipinski definition) is 3. The van der Waals surface area contributed by atoms with E-state index in [1.807, 2.05) is 56.3 Å². The molecule has 0 aromatic heterocycles. The van der Waals surface area contributed by atoms with E-state index < -0.39 is 5.92 Å². The first-order valence-corrected chi connectivity index (χ1v) is 12.5. The summed E-state index contributed by atoms with van der Waals surface area (Å²) in [5.41, 5.74) is 1.09. The number of hydrogen-bond acceptors (Lipinski definition) is 6. The van der Waals surface area contributed by atoms with Crippen molar-refractivity contribution in [2.45, 2.75) is 52.0 Å². The van der Waals surface area contributed by atoms with Crippen LogP contribution >= 0.6 is 0 Å². The molecule has 3 atom stereocenters. The molecule has 2 amide bonds. The average Bonchev–Trinajstić information content (AvgIpc) is 2.85. The van der Waals surface area contributed by atoms with Crippen molar-refractivity contribution in [2.75, 3.05) is 33.0 Å². The van der Waals surface area contributed by atoms with Gasteiger partial charge >= 0.3 is 5.97 Å². The fourth-order valence-corrected chi connectivity index (χ4v) is 3.88. The van der Waals surface area contributed by atoms with Crippen LogP contribution in [0.15, 0.2) is 42.5 Å². The quantitative estimate of drug-likeness (QED) is 0.265. The molecule has 8 heteroatoms. The van der Waals surface area contributed by atoms with Crippen LogP contribution in [0.1, 0.15) is 45.1 Å². The van der Waals surface area contributed by atoms with Crippen LogP contribution in [0, 0.1) is 17.8 Å². The molecule has 2 rings (SSSR count). The second-order valence-corrected chi connectivity index (χ2v) is 9.25. The topological polar surface area (TPSA) is 114 Å². The van der Waals surface area contributed by atoms with Crippen molar-refractivity contribution in [2.24, 2.45) is 17.8 Å². The molecule has 0 fully saturated rings. The number of carbonyl (C=O) groups is 3. The number of nitrogens with one attached hydrogen (secondary N) is 2. The Morgan fingerprint density at radius 1 is 1.17 bits per heavy atom. The Bertz CT molecular complexity index is 811. The standard InChI is InChI=1S/C27H40N2O6/c1-20(2)24-19-35-27(33)23(17-21-9-5-3-6-10-21)12-8-4-7-11-22(26(32)29-24)18-25(31)28-13-15-34-16-14-30/h3-7,9-10,20,22-24,30H,8,11-19H2,1-2H3,(H,28,31)(H,29,32)/t22-,23-,24-/m1/s1. The van der Waals surface area contributed by atoms with Crippen molar-refractivity contribution < 1.29 is 29.0 Å². The Balaban J connectivity index is 2.05. The van der Waals surface area contributed by atoms with Crippen LogP contribution in [0.4, 0.5) is 0 Å². The molecule has 0 saturated heterocycles. The van der Waals surface area contributed by atoms with Gasteiger partial charge in [0, 0.05) is 13.0 Å². The molecule has 0 bridgehead atoms. The first-order chi connectivity index (χ1) is 16.9. The van der Waals surface area contributed by atoms with Gasteiger partial charge in [-0.1, -0.05) is 56.3 Å². The molecule has 1 aromatic rings. The number of cyclic esters (lactones) is 1. The Morgan fingerprint density at radius 2 is 1.94 bits per heavy atom. The molecule has 0 aliphatic carbocycles. The number of allylic oxidation sites excluding steroid dienone is 2. The molecule has 8 nitrogen and oxygen atoms in total. The smallest absolute Gasteiger partial charge is 0.309 e. The number of benzene rings is 1. The minimum Gasteiger partial charge on any atom is -0.463 e. The zero-order valence-corrected chi connectivity index (χ0v) is 20.9. The highest BCUT2D eigenvalue weighted by atomic mass is 16.5. The second kappa shape index (κ2) is 16.1. The lowest BCUT2D eigenvalue weighted by atomic mass is 9.94. The third-order valence-electron chi connectivity index (χ3n) is 6.07. The van der Waals surface area contributed by atoms with Crippen LogP contribution in [0.3, 0.4) is 0 Å². The van der Waals surface area contributed by atoms with E-state index in [9.17, 15) is 14.4 Å². The zero-order chi connectivity index (χ0) is 25.5. The number of carbonyl (C=O) groups excluding carboxylic acids is 3. The summed E-state index contributed by atoms with van der Waals surface area (Å²) in [5.74, 6) is -1.44. The van der Waals surface area contributed by atoms with Crippen molar-refractivity contribution in [3.63, 3.8) is 0 Å². The van der Waals surface area contributed by atoms with Gasteiger partial charge < -0.3 is 25.2 Å². The lowest BCUT2D eigenvalue weighted by molar-refractivity contribution is -0.150. The van der Waals surface area contributed by atoms with Crippen LogP contribution in [0.25, 0.3) is 0 Å². The van der Waals surface area contributed by atoms with Gasteiger partial charge in [0.15, 0.2) is 0 Å². The highest BCUT2D eigenvalue weighted by Gasteiger charge is 2.27. The van der Waals surface area contributed by atoms with Crippen molar-refractivity contribution >= 4 is 17.8 Å². The first-order valence-electron chi connectivity index (χ1n) is 12.5. The molecule has 0 saturated carbocycles. The van der Waals surface area contributed by atoms with Crippen LogP contribution in [0.5, 0.6) is 0 Å². The maximum absolute atomic E-state index is 13.1. The Hall–Kier alpha value is -2.71. The second-order valence-electron chi connectivity index (χ2n) is 9.25. The Morgan fingerprint density at radius 3 is 2.66 bits per heavy atom. The lowest BCUT2D eigenvalue weighted by Gasteiger charge is -2.25. The van der Waals surface area contributed by atoms with Gasteiger partial charge in [0.25, 0.3) is 0 Å². The average molecular weight is 489 g/mol. The fraction of sp³-hybridized carbons (Fsp3) is 0.593. The van der Waals surface area contributed by atoms with Crippen LogP contribution in [-0.4, -0.2) is 61.9 Å². The van der Waals surface area contributed by atoms with E-state index in [-0.39, 0.29) is 61.9 Å². The normalized spacial score (nSPS) is 21.9. The summed E-state index contributed by atoms with van der Waals surface area (Å²) >= 11 is 0. The molecule has 1 aliphatic heterocycles. The summed E-state index contributed by atoms with van der Waals surface area (Å²) in [6, 6.07) is 9.55. The minimum atomic E-state index is -0.526. The molecule has 35 heavy (non-hydrogen) atoms. The van der Waals surface area contributed by atoms with Gasteiger partial charge in [-0.25, -0.2) is 0 Å². The molecule has 3 N–H and O–H groups in total. The monoisotopic (exact) mass is 488 g/mol. The number of ether oxygens (including phenoxy) is 2. The first kappa shape index (κ1) is 28.5. The molecule has 1 aromatic carbocycles. The van der Waals surface area contributed by atoms with Crippen LogP contribution in [0.2, 0.25) is 0 Å². The fourth-order valence-electron chi connectivity index (χ4n) is 3.88. The van der Waals surface area contributed by atoms with Gasteiger partial charge in [-0.15, -0.1) is 0 Å². The maximum Gasteiger partial charge on any atom is 0.309 e. The molecule has 0 radical (unpaired) electrons. The Kier molecular flexibility index (Phi) is 13.1. The van der Waals surface area contributed by atoms with Gasteiger partial charge in [0.2, 0.25) is 11.8 Å². The predicted molar refractivity (Wildman–Crippen MR) is 133 cm³/mol. The van der Waals surface area contributed by atoms with Crippen molar-refractivity contribution in [1.82, 2.24) is 10.6 Å². The lowest BCUT2D eigenvalue weighted by Crippen LogP contribution is -2.46. The number of aliphatic hydroxyl groups excluding tert-OH is 1. The third kappa shape index (κ3) is 11.0. The Labute approximate surface area is 208 Å². The molecule has 0 spiro atoms.